The van der Waals surface area contributed by atoms with Gasteiger partial charge >= 0.3 is 0 Å². The second-order valence-corrected chi connectivity index (χ2v) is 6.56. The molecule has 0 aromatic heterocycles. The Hall–Kier alpha value is -2.47. The Bertz CT molecular complexity index is 743. The lowest BCUT2D eigenvalue weighted by atomic mass is 10.1. The summed E-state index contributed by atoms with van der Waals surface area (Å²) in [6.07, 6.45) is 0. The van der Waals surface area contributed by atoms with E-state index in [-0.39, 0.29) is 23.6 Å². The van der Waals surface area contributed by atoms with E-state index >= 15 is 0 Å². The maximum Gasteiger partial charge on any atom is 0.234 e. The molecule has 1 aliphatic rings. The first-order valence-corrected chi connectivity index (χ1v) is 8.79. The van der Waals surface area contributed by atoms with Crippen LogP contribution in [0.4, 0.5) is 14.5 Å². The quantitative estimate of drug-likeness (QED) is 0.892. The van der Waals surface area contributed by atoms with E-state index in [4.69, 9.17) is 0 Å². The van der Waals surface area contributed by atoms with Gasteiger partial charge in [-0.3, -0.25) is 9.69 Å². The molecule has 1 saturated heterocycles. The average molecular weight is 359 g/mol. The molecular formula is C20H23F2N3O. The highest BCUT2D eigenvalue weighted by molar-refractivity contribution is 5.78. The van der Waals surface area contributed by atoms with Gasteiger partial charge in [0.2, 0.25) is 5.91 Å². The van der Waals surface area contributed by atoms with Crippen molar-refractivity contribution in [2.24, 2.45) is 0 Å². The molecule has 2 aromatic carbocycles. The van der Waals surface area contributed by atoms with E-state index in [1.165, 1.54) is 18.2 Å². The lowest BCUT2D eigenvalue weighted by Gasteiger charge is -2.36. The van der Waals surface area contributed by atoms with Crippen molar-refractivity contribution >= 4 is 11.6 Å². The summed E-state index contributed by atoms with van der Waals surface area (Å²) in [4.78, 5) is 16.3. The second kappa shape index (κ2) is 8.27. The van der Waals surface area contributed by atoms with Gasteiger partial charge in [-0.1, -0.05) is 24.3 Å². The van der Waals surface area contributed by atoms with Gasteiger partial charge in [-0.05, 0) is 36.8 Å². The molecule has 1 N–H and O–H groups in total. The maximum absolute atomic E-state index is 13.9. The van der Waals surface area contributed by atoms with Gasteiger partial charge in [0.1, 0.15) is 11.6 Å². The number of amides is 1. The number of rotatable bonds is 5. The van der Waals surface area contributed by atoms with E-state index in [9.17, 15) is 13.6 Å². The van der Waals surface area contributed by atoms with Gasteiger partial charge in [-0.25, -0.2) is 8.78 Å². The molecule has 2 aromatic rings. The molecule has 1 aliphatic heterocycles. The number of hydrogen-bond donors (Lipinski definition) is 1. The number of carbonyl (C=O) groups excluding carboxylic acids is 1. The van der Waals surface area contributed by atoms with Crippen molar-refractivity contribution in [3.05, 3.63) is 65.7 Å². The number of hydrogen-bond acceptors (Lipinski definition) is 3. The highest BCUT2D eigenvalue weighted by Crippen LogP contribution is 2.20. The molecule has 1 atom stereocenters. The zero-order chi connectivity index (χ0) is 18.5. The first-order chi connectivity index (χ1) is 12.5. The topological polar surface area (TPSA) is 35.6 Å². The van der Waals surface area contributed by atoms with Gasteiger partial charge in [-0.2, -0.15) is 0 Å². The fraction of sp³-hybridized carbons (Fsp3) is 0.350. The minimum Gasteiger partial charge on any atom is -0.367 e. The van der Waals surface area contributed by atoms with Crippen molar-refractivity contribution in [3.8, 4) is 0 Å². The Labute approximate surface area is 152 Å². The Morgan fingerprint density at radius 2 is 1.69 bits per heavy atom. The lowest BCUT2D eigenvalue weighted by molar-refractivity contribution is -0.123. The van der Waals surface area contributed by atoms with Crippen LogP contribution in [0, 0.1) is 11.6 Å². The van der Waals surface area contributed by atoms with Gasteiger partial charge in [0.15, 0.2) is 0 Å². The Balaban J connectivity index is 1.47. The zero-order valence-corrected chi connectivity index (χ0v) is 14.8. The van der Waals surface area contributed by atoms with Gasteiger partial charge in [-0.15, -0.1) is 0 Å². The van der Waals surface area contributed by atoms with Crippen molar-refractivity contribution < 1.29 is 13.6 Å². The monoisotopic (exact) mass is 359 g/mol. The third-order valence-electron chi connectivity index (χ3n) is 4.68. The summed E-state index contributed by atoms with van der Waals surface area (Å²) < 4.78 is 26.8. The lowest BCUT2D eigenvalue weighted by Crippen LogP contribution is -2.49. The predicted octanol–water partition coefficient (Wildman–Crippen LogP) is 2.96. The molecule has 26 heavy (non-hydrogen) atoms. The summed E-state index contributed by atoms with van der Waals surface area (Å²) in [6, 6.07) is 12.7. The van der Waals surface area contributed by atoms with Gasteiger partial charge < -0.3 is 10.2 Å². The van der Waals surface area contributed by atoms with Gasteiger partial charge in [0, 0.05) is 26.2 Å². The summed E-state index contributed by atoms with van der Waals surface area (Å²) in [5.74, 6) is -0.576. The maximum atomic E-state index is 13.9. The summed E-state index contributed by atoms with van der Waals surface area (Å²) in [5.41, 5.74) is 1.48. The van der Waals surface area contributed by atoms with Crippen LogP contribution in [0.25, 0.3) is 0 Å². The summed E-state index contributed by atoms with van der Waals surface area (Å²) in [5, 5.41) is 2.94. The normalized spacial score (nSPS) is 16.3. The van der Waals surface area contributed by atoms with E-state index in [2.05, 4.69) is 10.2 Å². The number of nitrogens with zero attached hydrogens (tertiary/aromatic N) is 2. The Kier molecular flexibility index (Phi) is 5.83. The number of carbonyl (C=O) groups is 1. The molecule has 4 nitrogen and oxygen atoms in total. The standard InChI is InChI=1S/C20H23F2N3O/c1-15(16-6-8-17(21)9-7-16)23-20(26)14-24-10-12-25(13-11-24)19-5-3-2-4-18(19)22/h2-9,15H,10-14H2,1H3,(H,23,26). The molecule has 1 amide bonds. The largest absolute Gasteiger partial charge is 0.367 e. The molecule has 1 unspecified atom stereocenters. The molecule has 1 fully saturated rings. The molecule has 0 spiro atoms. The van der Waals surface area contributed by atoms with Crippen LogP contribution in [0.2, 0.25) is 0 Å². The molecule has 3 rings (SSSR count). The fourth-order valence-electron chi connectivity index (χ4n) is 3.18. The number of nitrogens with one attached hydrogen (secondary N) is 1. The van der Waals surface area contributed by atoms with E-state index in [1.54, 1.807) is 24.3 Å². The van der Waals surface area contributed by atoms with Crippen molar-refractivity contribution in [1.29, 1.82) is 0 Å². The van der Waals surface area contributed by atoms with Crippen LogP contribution in [0.15, 0.2) is 48.5 Å². The molecule has 0 aliphatic carbocycles. The first kappa shape index (κ1) is 18.3. The van der Waals surface area contributed by atoms with E-state index < -0.39 is 0 Å². The Morgan fingerprint density at radius 3 is 2.35 bits per heavy atom. The third kappa shape index (κ3) is 4.58. The van der Waals surface area contributed by atoms with Gasteiger partial charge in [0.05, 0.1) is 18.3 Å². The molecule has 0 radical (unpaired) electrons. The van der Waals surface area contributed by atoms with Crippen molar-refractivity contribution in [2.75, 3.05) is 37.6 Å². The minimum atomic E-state index is -0.292. The number of anilines is 1. The number of para-hydroxylation sites is 1. The molecular weight excluding hydrogens is 336 g/mol. The second-order valence-electron chi connectivity index (χ2n) is 6.56. The van der Waals surface area contributed by atoms with Crippen molar-refractivity contribution in [3.63, 3.8) is 0 Å². The highest BCUT2D eigenvalue weighted by Gasteiger charge is 2.21. The van der Waals surface area contributed by atoms with Crippen LogP contribution in [0.3, 0.4) is 0 Å². The summed E-state index contributed by atoms with van der Waals surface area (Å²) in [7, 11) is 0. The van der Waals surface area contributed by atoms with Crippen LogP contribution >= 0.6 is 0 Å². The fourth-order valence-corrected chi connectivity index (χ4v) is 3.18. The Morgan fingerprint density at radius 1 is 1.04 bits per heavy atom. The number of piperazine rings is 1. The third-order valence-corrected chi connectivity index (χ3v) is 4.68. The van der Waals surface area contributed by atoms with E-state index in [0.717, 1.165) is 5.56 Å². The van der Waals surface area contributed by atoms with Crippen LogP contribution in [-0.4, -0.2) is 43.5 Å². The van der Waals surface area contributed by atoms with Crippen molar-refractivity contribution in [1.82, 2.24) is 10.2 Å². The zero-order valence-electron chi connectivity index (χ0n) is 14.8. The van der Waals surface area contributed by atoms with Crippen LogP contribution < -0.4 is 10.2 Å². The summed E-state index contributed by atoms with van der Waals surface area (Å²) in [6.45, 7) is 4.95. The average Bonchev–Trinajstić information content (AvgIpc) is 2.63. The minimum absolute atomic E-state index is 0.0684. The first-order valence-electron chi connectivity index (χ1n) is 8.79. The SMILES string of the molecule is CC(NC(=O)CN1CCN(c2ccccc2F)CC1)c1ccc(F)cc1. The van der Waals surface area contributed by atoms with E-state index in [0.29, 0.717) is 38.4 Å². The van der Waals surface area contributed by atoms with Crippen LogP contribution in [-0.2, 0) is 4.79 Å². The van der Waals surface area contributed by atoms with Crippen LogP contribution in [0.5, 0.6) is 0 Å². The van der Waals surface area contributed by atoms with Crippen molar-refractivity contribution in [2.45, 2.75) is 13.0 Å². The molecule has 138 valence electrons. The smallest absolute Gasteiger partial charge is 0.234 e. The number of benzene rings is 2. The highest BCUT2D eigenvalue weighted by atomic mass is 19.1. The van der Waals surface area contributed by atoms with Crippen LogP contribution in [0.1, 0.15) is 18.5 Å². The summed E-state index contributed by atoms with van der Waals surface area (Å²) >= 11 is 0. The predicted molar refractivity (Wildman–Crippen MR) is 98.0 cm³/mol. The molecule has 6 heteroatoms. The number of halogens is 2. The molecule has 1 heterocycles. The molecule has 0 saturated carbocycles. The molecule has 0 bridgehead atoms. The van der Waals surface area contributed by atoms with Gasteiger partial charge in [0.25, 0.3) is 0 Å². The van der Waals surface area contributed by atoms with E-state index in [1.807, 2.05) is 17.9 Å².